The highest BCUT2D eigenvalue weighted by Crippen LogP contribution is 2.44. The van der Waals surface area contributed by atoms with Crippen molar-refractivity contribution in [2.75, 3.05) is 49.5 Å². The molecule has 2 aliphatic carbocycles. The summed E-state index contributed by atoms with van der Waals surface area (Å²) in [6.07, 6.45) is 18.6. The summed E-state index contributed by atoms with van der Waals surface area (Å²) in [5, 5.41) is 26.4. The van der Waals surface area contributed by atoms with Crippen LogP contribution in [0.5, 0.6) is 0 Å². The highest BCUT2D eigenvalue weighted by atomic mass is 16.3. The zero-order valence-corrected chi connectivity index (χ0v) is 39.8. The van der Waals surface area contributed by atoms with Crippen molar-refractivity contribution in [2.45, 2.75) is 157 Å². The van der Waals surface area contributed by atoms with Crippen molar-refractivity contribution in [1.82, 2.24) is 16.0 Å². The molecule has 2 saturated heterocycles. The maximum atomic E-state index is 14.5. The number of hydrogen-bond donors (Lipinski definition) is 4. The first kappa shape index (κ1) is 50.0. The monoisotopic (exact) mass is 881 g/mol. The molecule has 4 amide bonds. The number of carbonyl (C=O) groups excluding carboxylic acids is 5. The fourth-order valence-corrected chi connectivity index (χ4v) is 9.31. The fourth-order valence-electron chi connectivity index (χ4n) is 9.31. The van der Waals surface area contributed by atoms with Crippen molar-refractivity contribution in [3.8, 4) is 0 Å². The van der Waals surface area contributed by atoms with Crippen molar-refractivity contribution >= 4 is 52.1 Å². The summed E-state index contributed by atoms with van der Waals surface area (Å²) in [6.45, 7) is 17.1. The Hall–Kier alpha value is -5.00. The van der Waals surface area contributed by atoms with Gasteiger partial charge in [0, 0.05) is 104 Å². The highest BCUT2D eigenvalue weighted by Gasteiger charge is 2.36. The number of anilines is 2. The zero-order chi connectivity index (χ0) is 46.2. The largest absolute Gasteiger partial charge is 0.871 e. The summed E-state index contributed by atoms with van der Waals surface area (Å²) in [6, 6.07) is 3.69. The second kappa shape index (κ2) is 24.9. The summed E-state index contributed by atoms with van der Waals surface area (Å²) in [5.41, 5.74) is 4.99. The van der Waals surface area contributed by atoms with Crippen LogP contribution < -0.4 is 31.3 Å². The Bertz CT molecular complexity index is 2030. The summed E-state index contributed by atoms with van der Waals surface area (Å²) in [7, 11) is 0. The number of Topliss-reactive ketones (excluding diaryl/α,β-unsaturated/α-hetero) is 1. The van der Waals surface area contributed by atoms with Crippen molar-refractivity contribution in [3.05, 3.63) is 63.6 Å². The maximum absolute atomic E-state index is 14.5. The molecule has 2 fully saturated rings. The molecule has 5 rings (SSSR count). The van der Waals surface area contributed by atoms with Gasteiger partial charge in [0.15, 0.2) is 5.78 Å². The molecule has 0 aromatic heterocycles. The van der Waals surface area contributed by atoms with Gasteiger partial charge in [0.25, 0.3) is 0 Å². The number of nitrogens with one attached hydrogen (secondary N) is 4. The number of benzene rings is 1. The Morgan fingerprint density at radius 2 is 1.25 bits per heavy atom. The van der Waals surface area contributed by atoms with Gasteiger partial charge in [-0.2, -0.15) is 0 Å². The van der Waals surface area contributed by atoms with E-state index in [1.807, 2.05) is 38.1 Å². The van der Waals surface area contributed by atoms with Crippen LogP contribution >= 0.6 is 0 Å². The molecule has 2 heterocycles. The van der Waals surface area contributed by atoms with Crippen molar-refractivity contribution < 1.29 is 33.7 Å². The van der Waals surface area contributed by atoms with Gasteiger partial charge in [-0.3, -0.25) is 24.0 Å². The summed E-state index contributed by atoms with van der Waals surface area (Å²) >= 11 is 0. The van der Waals surface area contributed by atoms with Crippen LogP contribution in [-0.2, 0) is 24.0 Å². The van der Waals surface area contributed by atoms with Gasteiger partial charge in [-0.25, -0.2) is 4.58 Å². The van der Waals surface area contributed by atoms with Gasteiger partial charge >= 0.3 is 0 Å². The van der Waals surface area contributed by atoms with E-state index in [0.29, 0.717) is 47.4 Å². The lowest BCUT2D eigenvalue weighted by Crippen LogP contribution is -2.36. The first-order valence-electron chi connectivity index (χ1n) is 24.6. The predicted molar refractivity (Wildman–Crippen MR) is 255 cm³/mol. The average molecular weight is 881 g/mol. The minimum atomic E-state index is -0.466. The molecule has 0 saturated carbocycles. The molecule has 2 unspecified atom stereocenters. The van der Waals surface area contributed by atoms with Crippen LogP contribution in [0.4, 0.5) is 11.4 Å². The average Bonchev–Trinajstić information content (AvgIpc) is 3.30. The number of hydrogen-bond acceptors (Lipinski definition) is 7. The van der Waals surface area contributed by atoms with E-state index < -0.39 is 11.5 Å². The number of rotatable bonds is 22. The summed E-state index contributed by atoms with van der Waals surface area (Å²) in [4.78, 5) is 69.5. The van der Waals surface area contributed by atoms with E-state index in [-0.39, 0.29) is 60.5 Å². The lowest BCUT2D eigenvalue weighted by Gasteiger charge is -2.36. The number of carbonyl (C=O) groups is 5. The third-order valence-electron chi connectivity index (χ3n) is 13.5. The summed E-state index contributed by atoms with van der Waals surface area (Å²) < 4.78 is 2.28. The molecule has 2 aliphatic heterocycles. The van der Waals surface area contributed by atoms with E-state index in [0.717, 1.165) is 139 Å². The second-order valence-electron chi connectivity index (χ2n) is 18.4. The molecule has 1 aromatic rings. The van der Waals surface area contributed by atoms with E-state index in [9.17, 15) is 29.1 Å². The quantitative estimate of drug-likeness (QED) is 0.0686. The number of piperidine rings is 2. The Morgan fingerprint density at radius 1 is 0.703 bits per heavy atom. The first-order valence-corrected chi connectivity index (χ1v) is 24.6. The van der Waals surface area contributed by atoms with Crippen LogP contribution in [0.25, 0.3) is 5.57 Å². The van der Waals surface area contributed by atoms with Crippen LogP contribution in [0.2, 0.25) is 0 Å². The molecule has 2 atom stereocenters. The van der Waals surface area contributed by atoms with Gasteiger partial charge in [-0.15, -0.1) is 0 Å². The van der Waals surface area contributed by atoms with Crippen molar-refractivity contribution in [2.24, 2.45) is 11.8 Å². The lowest BCUT2D eigenvalue weighted by atomic mass is 9.77. The first-order chi connectivity index (χ1) is 30.9. The van der Waals surface area contributed by atoms with Crippen molar-refractivity contribution in [1.29, 1.82) is 0 Å². The van der Waals surface area contributed by atoms with Crippen LogP contribution in [0.15, 0.2) is 52.5 Å². The van der Waals surface area contributed by atoms with Gasteiger partial charge in [0.2, 0.25) is 29.3 Å². The molecule has 350 valence electrons. The Labute approximate surface area is 382 Å². The topological polar surface area (TPSA) is 163 Å². The SMILES string of the molecule is CCCCC(CC)CNC(=O)CCC(=O)NC1=CC(=[N+]2CCCCC2)C(C)=C/C1=C1\C(=O)C(c2cc(C)c(N3CCCCC3)cc2NC(=O)CCC(=O)NCC(CC)CCCC)=C1[O-]. The van der Waals surface area contributed by atoms with Gasteiger partial charge in [0.05, 0.1) is 11.4 Å². The predicted octanol–water partition coefficient (Wildman–Crippen LogP) is 7.70. The molecule has 0 bridgehead atoms. The molecule has 4 N–H and O–H groups in total. The summed E-state index contributed by atoms with van der Waals surface area (Å²) in [5.74, 6) is -1.25. The minimum absolute atomic E-state index is 0.0207. The second-order valence-corrected chi connectivity index (χ2v) is 18.4. The maximum Gasteiger partial charge on any atom is 0.224 e. The molecule has 12 heteroatoms. The zero-order valence-electron chi connectivity index (χ0n) is 39.8. The number of unbranched alkanes of at least 4 members (excludes halogenated alkanes) is 2. The molecular weight excluding hydrogens is 805 g/mol. The third kappa shape index (κ3) is 13.5. The van der Waals surface area contributed by atoms with Crippen LogP contribution in [0, 0.1) is 18.8 Å². The van der Waals surface area contributed by atoms with Gasteiger partial charge in [0.1, 0.15) is 13.1 Å². The number of aryl methyl sites for hydroxylation is 1. The number of ketones is 1. The van der Waals surface area contributed by atoms with Crippen molar-refractivity contribution in [3.63, 3.8) is 0 Å². The van der Waals surface area contributed by atoms with Crippen LogP contribution in [0.1, 0.15) is 161 Å². The Morgan fingerprint density at radius 3 is 1.80 bits per heavy atom. The Balaban J connectivity index is 1.41. The number of nitrogens with zero attached hydrogens (tertiary/aromatic N) is 2. The van der Waals surface area contributed by atoms with E-state index in [2.05, 4.69) is 58.4 Å². The van der Waals surface area contributed by atoms with E-state index >= 15 is 0 Å². The Kier molecular flexibility index (Phi) is 19.5. The standard InChI is InChI=1S/C52H76N6O6/c1-7-11-19-37(9-3)33-53-45(59)21-23-47(61)55-41-31-43(57-25-15-13-16-26-57)35(5)29-39(41)49-51(63)50(52(49)64)40-30-36(6)44(58-27-17-14-18-28-58)32-42(40)56-48(62)24-22-46(60)54-34-38(10-4)20-12-8-2/h29-32,37-38H,7-28,33-34H2,1-6H3,(H4,53,54,55,56,59,60,61,62,63,64). The molecule has 12 nitrogen and oxygen atoms in total. The third-order valence-corrected chi connectivity index (χ3v) is 13.5. The molecule has 0 spiro atoms. The van der Waals surface area contributed by atoms with Crippen LogP contribution in [-0.4, -0.2) is 79.0 Å². The highest BCUT2D eigenvalue weighted by molar-refractivity contribution is 6.40. The molecule has 4 aliphatic rings. The van der Waals surface area contributed by atoms with E-state index in [4.69, 9.17) is 0 Å². The smallest absolute Gasteiger partial charge is 0.224 e. The van der Waals surface area contributed by atoms with E-state index in [1.54, 1.807) is 0 Å². The normalized spacial score (nSPS) is 18.8. The fraction of sp³-hybridized carbons (Fsp3) is 0.615. The molecule has 64 heavy (non-hydrogen) atoms. The van der Waals surface area contributed by atoms with Gasteiger partial charge < -0.3 is 31.3 Å². The number of amides is 4. The molecular formula is C52H76N6O6. The lowest BCUT2D eigenvalue weighted by molar-refractivity contribution is -0.536. The molecule has 1 aromatic carbocycles. The number of allylic oxidation sites excluding steroid dienone is 5. The van der Waals surface area contributed by atoms with Crippen LogP contribution in [0.3, 0.4) is 0 Å². The molecule has 0 radical (unpaired) electrons. The van der Waals surface area contributed by atoms with E-state index in [1.165, 1.54) is 0 Å². The van der Waals surface area contributed by atoms with Gasteiger partial charge in [-0.1, -0.05) is 72.0 Å². The minimum Gasteiger partial charge on any atom is -0.871 e. The van der Waals surface area contributed by atoms with Gasteiger partial charge in [-0.05, 0) is 88.0 Å².